The first-order valence-electron chi connectivity index (χ1n) is 9.35. The number of ether oxygens (including phenoxy) is 2. The lowest BCUT2D eigenvalue weighted by Crippen LogP contribution is -2.28. The zero-order valence-electron chi connectivity index (χ0n) is 15.5. The molecule has 0 spiro atoms. The predicted molar refractivity (Wildman–Crippen MR) is 108 cm³/mol. The Balaban J connectivity index is 1.58. The van der Waals surface area contributed by atoms with E-state index < -0.39 is 0 Å². The molecule has 6 nitrogen and oxygen atoms in total. The maximum Gasteiger partial charge on any atom is 0.254 e. The van der Waals surface area contributed by atoms with Crippen LogP contribution in [0.15, 0.2) is 46.5 Å². The highest BCUT2D eigenvalue weighted by Crippen LogP contribution is 2.52. The van der Waals surface area contributed by atoms with Crippen LogP contribution in [0.5, 0.6) is 11.5 Å². The lowest BCUT2D eigenvalue weighted by atomic mass is 9.85. The van der Waals surface area contributed by atoms with Crippen molar-refractivity contribution in [2.75, 3.05) is 13.2 Å². The van der Waals surface area contributed by atoms with Gasteiger partial charge in [0.1, 0.15) is 6.61 Å². The van der Waals surface area contributed by atoms with Crippen LogP contribution in [0.4, 0.5) is 0 Å². The molecule has 1 aliphatic heterocycles. The van der Waals surface area contributed by atoms with Crippen molar-refractivity contribution in [3.8, 4) is 11.5 Å². The monoisotopic (exact) mass is 444 g/mol. The molecule has 28 heavy (non-hydrogen) atoms. The molecule has 1 heterocycles. The van der Waals surface area contributed by atoms with Crippen molar-refractivity contribution < 1.29 is 19.1 Å². The first-order chi connectivity index (χ1) is 13.5. The summed E-state index contributed by atoms with van der Waals surface area (Å²) >= 11 is 3.49. The molecule has 0 N–H and O–H groups in total. The molecular formula is C21H21BrN2O4. The molecule has 0 unspecified atom stereocenters. The van der Waals surface area contributed by atoms with Crippen LogP contribution in [-0.2, 0) is 9.59 Å². The normalized spacial score (nSPS) is 27.7. The van der Waals surface area contributed by atoms with E-state index in [2.05, 4.69) is 39.8 Å². The second-order valence-corrected chi connectivity index (χ2v) is 7.94. The van der Waals surface area contributed by atoms with Gasteiger partial charge in [0.25, 0.3) is 11.8 Å². The van der Waals surface area contributed by atoms with Crippen LogP contribution in [0.3, 0.4) is 0 Å². The number of allylic oxidation sites excluding steroid dienone is 2. The molecule has 7 heteroatoms. The minimum Gasteiger partial charge on any atom is -0.490 e. The SMILES string of the molecule is C=CCOc1cc(Br)c(C=NN2C(=O)[C@@H]3[C@H](C2=O)[C@H]2C=C[C@H]3C2)cc1OCC. The maximum absolute atomic E-state index is 12.7. The molecule has 146 valence electrons. The summed E-state index contributed by atoms with van der Waals surface area (Å²) in [6.07, 6.45) is 8.20. The minimum absolute atomic E-state index is 0.171. The Kier molecular flexibility index (Phi) is 5.10. The molecule has 3 aliphatic rings. The summed E-state index contributed by atoms with van der Waals surface area (Å²) in [7, 11) is 0. The molecule has 2 fully saturated rings. The second-order valence-electron chi connectivity index (χ2n) is 7.09. The van der Waals surface area contributed by atoms with Gasteiger partial charge in [-0.1, -0.05) is 24.8 Å². The number of amides is 2. The highest BCUT2D eigenvalue weighted by Gasteiger charge is 2.59. The summed E-state index contributed by atoms with van der Waals surface area (Å²) < 4.78 is 12.0. The molecule has 2 aliphatic carbocycles. The number of halogens is 1. The molecule has 4 atom stereocenters. The first kappa shape index (κ1) is 18.9. The topological polar surface area (TPSA) is 68.2 Å². The standard InChI is InChI=1S/C21H21BrN2O4/c1-3-7-28-17-10-15(22)14(9-16(17)27-4-2)11-23-24-20(25)18-12-5-6-13(8-12)19(18)21(24)26/h3,5-6,9-13,18-19H,1,4,7-8H2,2H3/t12-,13-,18-,19+/m0/s1. The number of rotatable bonds is 7. The number of imide groups is 1. The van der Waals surface area contributed by atoms with E-state index in [1.165, 1.54) is 6.21 Å². The zero-order valence-corrected chi connectivity index (χ0v) is 17.1. The molecule has 1 saturated carbocycles. The van der Waals surface area contributed by atoms with E-state index in [4.69, 9.17) is 9.47 Å². The highest BCUT2D eigenvalue weighted by molar-refractivity contribution is 9.10. The second kappa shape index (κ2) is 7.54. The lowest BCUT2D eigenvalue weighted by molar-refractivity contribution is -0.140. The van der Waals surface area contributed by atoms with Gasteiger partial charge in [0.15, 0.2) is 11.5 Å². The van der Waals surface area contributed by atoms with Gasteiger partial charge in [-0.15, -0.1) is 0 Å². The third-order valence-corrected chi connectivity index (χ3v) is 6.17. The summed E-state index contributed by atoms with van der Waals surface area (Å²) in [5, 5.41) is 5.27. The fourth-order valence-electron chi connectivity index (χ4n) is 4.30. The molecule has 0 radical (unpaired) electrons. The Morgan fingerprint density at radius 2 is 1.82 bits per heavy atom. The predicted octanol–water partition coefficient (Wildman–Crippen LogP) is 3.55. The summed E-state index contributed by atoms with van der Waals surface area (Å²) in [6, 6.07) is 3.55. The fraction of sp³-hybridized carbons (Fsp3) is 0.381. The third kappa shape index (κ3) is 3.07. The van der Waals surface area contributed by atoms with Gasteiger partial charge in [-0.05, 0) is 53.2 Å². The Labute approximate surface area is 172 Å². The lowest BCUT2D eigenvalue weighted by Gasteiger charge is -2.14. The van der Waals surface area contributed by atoms with Crippen molar-refractivity contribution in [3.05, 3.63) is 47.0 Å². The maximum atomic E-state index is 12.7. The van der Waals surface area contributed by atoms with Crippen molar-refractivity contribution in [2.24, 2.45) is 28.8 Å². The van der Waals surface area contributed by atoms with E-state index in [9.17, 15) is 9.59 Å². The third-order valence-electron chi connectivity index (χ3n) is 5.48. The van der Waals surface area contributed by atoms with Crippen molar-refractivity contribution in [1.82, 2.24) is 5.01 Å². The number of carbonyl (C=O) groups excluding carboxylic acids is 2. The Morgan fingerprint density at radius 1 is 1.18 bits per heavy atom. The number of hydrogen-bond donors (Lipinski definition) is 0. The van der Waals surface area contributed by atoms with Crippen molar-refractivity contribution in [1.29, 1.82) is 0 Å². The summed E-state index contributed by atoms with van der Waals surface area (Å²) in [5.41, 5.74) is 0.688. The molecule has 2 amide bonds. The highest BCUT2D eigenvalue weighted by atomic mass is 79.9. The van der Waals surface area contributed by atoms with E-state index in [-0.39, 0.29) is 35.5 Å². The zero-order chi connectivity index (χ0) is 19.8. The van der Waals surface area contributed by atoms with E-state index in [0.717, 1.165) is 15.9 Å². The number of fused-ring (bicyclic) bond motifs is 5. The molecule has 0 aromatic heterocycles. The number of carbonyl (C=O) groups is 2. The molecule has 2 bridgehead atoms. The van der Waals surface area contributed by atoms with Crippen LogP contribution >= 0.6 is 15.9 Å². The van der Waals surface area contributed by atoms with E-state index in [0.29, 0.717) is 30.3 Å². The van der Waals surface area contributed by atoms with Crippen LogP contribution in [0, 0.1) is 23.7 Å². The van der Waals surface area contributed by atoms with Crippen molar-refractivity contribution in [3.63, 3.8) is 0 Å². The largest absolute Gasteiger partial charge is 0.490 e. The van der Waals surface area contributed by atoms with Gasteiger partial charge in [-0.25, -0.2) is 0 Å². The summed E-state index contributed by atoms with van der Waals surface area (Å²) in [6.45, 7) is 6.36. The molecule has 1 saturated heterocycles. The smallest absolute Gasteiger partial charge is 0.254 e. The average Bonchev–Trinajstić information content (AvgIpc) is 3.35. The van der Waals surface area contributed by atoms with Gasteiger partial charge >= 0.3 is 0 Å². The summed E-state index contributed by atoms with van der Waals surface area (Å²) in [5.74, 6) is 0.579. The number of hydrazone groups is 1. The van der Waals surface area contributed by atoms with Gasteiger partial charge in [-0.2, -0.15) is 10.1 Å². The quantitative estimate of drug-likeness (QED) is 0.366. The van der Waals surface area contributed by atoms with Gasteiger partial charge in [0.05, 0.1) is 24.7 Å². The average molecular weight is 445 g/mol. The number of hydrogen-bond acceptors (Lipinski definition) is 5. The van der Waals surface area contributed by atoms with Gasteiger partial charge in [0, 0.05) is 10.0 Å². The van der Waals surface area contributed by atoms with Crippen LogP contribution < -0.4 is 9.47 Å². The van der Waals surface area contributed by atoms with E-state index >= 15 is 0 Å². The van der Waals surface area contributed by atoms with E-state index in [1.54, 1.807) is 18.2 Å². The van der Waals surface area contributed by atoms with Gasteiger partial charge in [0.2, 0.25) is 0 Å². The van der Waals surface area contributed by atoms with Crippen LogP contribution in [0.1, 0.15) is 18.9 Å². The molecular weight excluding hydrogens is 424 g/mol. The van der Waals surface area contributed by atoms with Crippen LogP contribution in [0.2, 0.25) is 0 Å². The Morgan fingerprint density at radius 3 is 2.43 bits per heavy atom. The van der Waals surface area contributed by atoms with E-state index in [1.807, 2.05) is 6.92 Å². The van der Waals surface area contributed by atoms with Gasteiger partial charge < -0.3 is 9.47 Å². The molecule has 1 aromatic carbocycles. The number of nitrogens with zero attached hydrogens (tertiary/aromatic N) is 2. The number of benzene rings is 1. The minimum atomic E-state index is -0.253. The first-order valence-corrected chi connectivity index (χ1v) is 10.1. The Hall–Kier alpha value is -2.41. The Bertz CT molecular complexity index is 865. The van der Waals surface area contributed by atoms with Crippen LogP contribution in [0.25, 0.3) is 0 Å². The summed E-state index contributed by atoms with van der Waals surface area (Å²) in [4.78, 5) is 25.5. The van der Waals surface area contributed by atoms with Gasteiger partial charge in [-0.3, -0.25) is 9.59 Å². The molecule has 4 rings (SSSR count). The van der Waals surface area contributed by atoms with Crippen molar-refractivity contribution >= 4 is 34.0 Å². The molecule has 1 aromatic rings. The van der Waals surface area contributed by atoms with Crippen molar-refractivity contribution in [2.45, 2.75) is 13.3 Å². The van der Waals surface area contributed by atoms with Crippen LogP contribution in [-0.4, -0.2) is 36.3 Å². The fourth-order valence-corrected chi connectivity index (χ4v) is 4.72.